The third kappa shape index (κ3) is 5.34. The number of para-hydroxylation sites is 1. The second-order valence-electron chi connectivity index (χ2n) is 7.07. The fraction of sp³-hybridized carbons (Fsp3) is 0.435. The Labute approximate surface area is 171 Å². The molecule has 0 aliphatic heterocycles. The van der Waals surface area contributed by atoms with Crippen molar-refractivity contribution in [3.8, 4) is 11.5 Å². The van der Waals surface area contributed by atoms with Crippen LogP contribution in [0.4, 0.5) is 0 Å². The topological polar surface area (TPSA) is 66.2 Å². The lowest BCUT2D eigenvalue weighted by atomic mass is 10.2. The average molecular weight is 396 g/mol. The van der Waals surface area contributed by atoms with E-state index in [9.17, 15) is 4.79 Å². The van der Waals surface area contributed by atoms with Crippen LogP contribution in [-0.2, 0) is 0 Å². The molecule has 0 radical (unpaired) electrons. The van der Waals surface area contributed by atoms with Gasteiger partial charge in [0, 0.05) is 5.56 Å². The molecule has 2 aromatic carbocycles. The molecular formula is C23H29N3O3. The zero-order chi connectivity index (χ0) is 20.5. The molecule has 0 aliphatic rings. The summed E-state index contributed by atoms with van der Waals surface area (Å²) in [5.41, 5.74) is 1.86. The maximum atomic E-state index is 13.0. The molecule has 154 valence electrons. The van der Waals surface area contributed by atoms with Gasteiger partial charge in [-0.25, -0.2) is 0 Å². The first-order chi connectivity index (χ1) is 14.2. The third-order valence-corrected chi connectivity index (χ3v) is 4.75. The minimum atomic E-state index is -0.241. The minimum Gasteiger partial charge on any atom is -0.490 e. The van der Waals surface area contributed by atoms with Crippen molar-refractivity contribution in [2.75, 3.05) is 13.2 Å². The Morgan fingerprint density at radius 1 is 0.897 bits per heavy atom. The van der Waals surface area contributed by atoms with Crippen LogP contribution in [0, 0.1) is 0 Å². The van der Waals surface area contributed by atoms with Crippen molar-refractivity contribution in [1.82, 2.24) is 15.0 Å². The van der Waals surface area contributed by atoms with Gasteiger partial charge in [0.25, 0.3) is 5.91 Å². The highest BCUT2D eigenvalue weighted by Gasteiger charge is 2.17. The van der Waals surface area contributed by atoms with Crippen LogP contribution >= 0.6 is 0 Å². The summed E-state index contributed by atoms with van der Waals surface area (Å²) in [7, 11) is 0. The molecule has 0 unspecified atom stereocenters. The van der Waals surface area contributed by atoms with Gasteiger partial charge in [-0.2, -0.15) is 4.68 Å². The predicted octanol–water partition coefficient (Wildman–Crippen LogP) is 5.26. The highest BCUT2D eigenvalue weighted by atomic mass is 16.5. The van der Waals surface area contributed by atoms with Gasteiger partial charge >= 0.3 is 0 Å². The van der Waals surface area contributed by atoms with Crippen LogP contribution in [0.5, 0.6) is 11.5 Å². The van der Waals surface area contributed by atoms with Gasteiger partial charge in [0.1, 0.15) is 5.52 Å². The summed E-state index contributed by atoms with van der Waals surface area (Å²) in [6.45, 7) is 5.56. The van der Waals surface area contributed by atoms with Crippen molar-refractivity contribution in [2.24, 2.45) is 0 Å². The molecule has 0 spiro atoms. The number of carbonyl (C=O) groups is 1. The number of benzene rings is 2. The molecule has 0 N–H and O–H groups in total. The van der Waals surface area contributed by atoms with Gasteiger partial charge in [0.05, 0.1) is 18.7 Å². The molecule has 1 heterocycles. The number of fused-ring (bicyclic) bond motifs is 1. The monoisotopic (exact) mass is 395 g/mol. The fourth-order valence-corrected chi connectivity index (χ4v) is 3.08. The third-order valence-electron chi connectivity index (χ3n) is 4.75. The largest absolute Gasteiger partial charge is 0.490 e. The second-order valence-corrected chi connectivity index (χ2v) is 7.07. The molecule has 0 saturated heterocycles. The van der Waals surface area contributed by atoms with Crippen LogP contribution in [0.1, 0.15) is 62.7 Å². The fourth-order valence-electron chi connectivity index (χ4n) is 3.08. The Hall–Kier alpha value is -2.89. The Morgan fingerprint density at radius 3 is 2.31 bits per heavy atom. The summed E-state index contributed by atoms with van der Waals surface area (Å²) in [6, 6.07) is 12.7. The molecule has 6 heteroatoms. The van der Waals surface area contributed by atoms with E-state index in [2.05, 4.69) is 24.2 Å². The summed E-state index contributed by atoms with van der Waals surface area (Å²) < 4.78 is 13.2. The van der Waals surface area contributed by atoms with Crippen LogP contribution in [0.2, 0.25) is 0 Å². The molecule has 0 atom stereocenters. The van der Waals surface area contributed by atoms with Crippen molar-refractivity contribution in [3.63, 3.8) is 0 Å². The summed E-state index contributed by atoms with van der Waals surface area (Å²) in [5, 5.41) is 8.09. The number of unbranched alkanes of at least 4 members (excludes halogenated alkanes) is 4. The number of nitrogens with zero attached hydrogens (tertiary/aromatic N) is 3. The van der Waals surface area contributed by atoms with Gasteiger partial charge in [0.2, 0.25) is 0 Å². The van der Waals surface area contributed by atoms with Crippen molar-refractivity contribution < 1.29 is 14.3 Å². The van der Waals surface area contributed by atoms with Crippen LogP contribution < -0.4 is 9.47 Å². The maximum absolute atomic E-state index is 13.0. The zero-order valence-electron chi connectivity index (χ0n) is 17.3. The van der Waals surface area contributed by atoms with E-state index in [4.69, 9.17) is 9.47 Å². The lowest BCUT2D eigenvalue weighted by Gasteiger charge is -2.14. The molecule has 0 aliphatic carbocycles. The van der Waals surface area contributed by atoms with Crippen LogP contribution in [0.25, 0.3) is 11.0 Å². The quantitative estimate of drug-likeness (QED) is 0.414. The van der Waals surface area contributed by atoms with Crippen molar-refractivity contribution in [2.45, 2.75) is 52.4 Å². The average Bonchev–Trinajstić information content (AvgIpc) is 3.18. The molecule has 3 rings (SSSR count). The molecule has 29 heavy (non-hydrogen) atoms. The molecule has 0 amide bonds. The molecule has 3 aromatic rings. The maximum Gasteiger partial charge on any atom is 0.280 e. The normalized spacial score (nSPS) is 11.0. The second kappa shape index (κ2) is 10.6. The van der Waals surface area contributed by atoms with Gasteiger partial charge in [-0.05, 0) is 43.2 Å². The van der Waals surface area contributed by atoms with Gasteiger partial charge in [-0.1, -0.05) is 56.9 Å². The molecule has 6 nitrogen and oxygen atoms in total. The van der Waals surface area contributed by atoms with Gasteiger partial charge in [-0.3, -0.25) is 4.79 Å². The van der Waals surface area contributed by atoms with Gasteiger partial charge < -0.3 is 9.47 Å². The van der Waals surface area contributed by atoms with Crippen LogP contribution in [0.15, 0.2) is 42.5 Å². The first-order valence-electron chi connectivity index (χ1n) is 10.5. The van der Waals surface area contributed by atoms with E-state index in [0.29, 0.717) is 41.3 Å². The highest BCUT2D eigenvalue weighted by molar-refractivity contribution is 6.00. The lowest BCUT2D eigenvalue weighted by Crippen LogP contribution is -2.14. The van der Waals surface area contributed by atoms with E-state index in [1.165, 1.54) is 4.68 Å². The summed E-state index contributed by atoms with van der Waals surface area (Å²) in [4.78, 5) is 13.0. The number of rotatable bonds is 11. The molecule has 0 fully saturated rings. The Bertz CT molecular complexity index is 936. The van der Waals surface area contributed by atoms with Crippen LogP contribution in [-0.4, -0.2) is 34.1 Å². The van der Waals surface area contributed by atoms with E-state index < -0.39 is 0 Å². The van der Waals surface area contributed by atoms with E-state index in [1.54, 1.807) is 12.1 Å². The number of hydrogen-bond acceptors (Lipinski definition) is 5. The Kier molecular flexibility index (Phi) is 7.61. The van der Waals surface area contributed by atoms with E-state index in [1.807, 2.05) is 30.3 Å². The minimum absolute atomic E-state index is 0.241. The van der Waals surface area contributed by atoms with Crippen molar-refractivity contribution in [1.29, 1.82) is 0 Å². The van der Waals surface area contributed by atoms with Crippen molar-refractivity contribution in [3.05, 3.63) is 48.0 Å². The summed E-state index contributed by atoms with van der Waals surface area (Å²) in [5.74, 6) is 1.04. The van der Waals surface area contributed by atoms with Gasteiger partial charge in [-0.15, -0.1) is 5.10 Å². The first kappa shape index (κ1) is 20.8. The number of carbonyl (C=O) groups excluding carboxylic acids is 1. The number of aromatic nitrogens is 3. The Morgan fingerprint density at radius 2 is 1.59 bits per heavy atom. The van der Waals surface area contributed by atoms with Gasteiger partial charge in [0.15, 0.2) is 11.5 Å². The number of hydrogen-bond donors (Lipinski definition) is 0. The molecule has 0 bridgehead atoms. The SMILES string of the molecule is CCCCCOc1ccc(C(=O)n2nnc3ccccc32)cc1OCCCCC. The van der Waals surface area contributed by atoms with Crippen molar-refractivity contribution >= 4 is 16.9 Å². The van der Waals surface area contributed by atoms with Crippen LogP contribution in [0.3, 0.4) is 0 Å². The summed E-state index contributed by atoms with van der Waals surface area (Å²) in [6.07, 6.45) is 6.47. The molecular weight excluding hydrogens is 366 g/mol. The smallest absolute Gasteiger partial charge is 0.280 e. The summed E-state index contributed by atoms with van der Waals surface area (Å²) >= 11 is 0. The zero-order valence-corrected chi connectivity index (χ0v) is 17.3. The highest BCUT2D eigenvalue weighted by Crippen LogP contribution is 2.29. The first-order valence-corrected chi connectivity index (χ1v) is 10.5. The molecule has 0 saturated carbocycles. The predicted molar refractivity (Wildman–Crippen MR) is 114 cm³/mol. The Balaban J connectivity index is 1.81. The number of ether oxygens (including phenoxy) is 2. The molecule has 1 aromatic heterocycles. The standard InChI is InChI=1S/C23H29N3O3/c1-3-5-9-15-28-21-14-13-18(17-22(21)29-16-10-6-4-2)23(27)26-20-12-8-7-11-19(20)24-25-26/h7-8,11-14,17H,3-6,9-10,15-16H2,1-2H3. The van der Waals surface area contributed by atoms with E-state index in [0.717, 1.165) is 38.5 Å². The lowest BCUT2D eigenvalue weighted by molar-refractivity contribution is 0.0947. The van der Waals surface area contributed by atoms with E-state index >= 15 is 0 Å². The van der Waals surface area contributed by atoms with E-state index in [-0.39, 0.29) is 5.91 Å².